The zero-order valence-corrected chi connectivity index (χ0v) is 40.5. The number of aromatic nitrogens is 3. The summed E-state index contributed by atoms with van der Waals surface area (Å²) in [5.41, 5.74) is 19.6. The average Bonchev–Trinajstić information content (AvgIpc) is 3.78. The van der Waals surface area contributed by atoms with E-state index in [1.54, 1.807) is 0 Å². The summed E-state index contributed by atoms with van der Waals surface area (Å²) in [6.45, 7) is 0. The van der Waals surface area contributed by atoms with Crippen LogP contribution in [-0.4, -0.2) is 15.0 Å². The molecule has 0 saturated carbocycles. The Bertz CT molecular complexity index is 3820. The Balaban J connectivity index is 0.976. The summed E-state index contributed by atoms with van der Waals surface area (Å²) < 4.78 is 0. The molecule has 0 amide bonds. The van der Waals surface area contributed by atoms with Crippen molar-refractivity contribution < 1.29 is 0 Å². The third kappa shape index (κ3) is 8.05. The summed E-state index contributed by atoms with van der Waals surface area (Å²) >= 11 is 0. The van der Waals surface area contributed by atoms with E-state index in [-0.39, 0.29) is 0 Å². The van der Waals surface area contributed by atoms with Gasteiger partial charge in [0.15, 0.2) is 17.5 Å². The van der Waals surface area contributed by atoms with E-state index in [9.17, 15) is 0 Å². The van der Waals surface area contributed by atoms with Gasteiger partial charge in [0.2, 0.25) is 0 Å². The highest BCUT2D eigenvalue weighted by molar-refractivity contribution is 5.92. The van der Waals surface area contributed by atoms with Crippen molar-refractivity contribution in [3.8, 4) is 78.7 Å². The molecule has 0 saturated heterocycles. The largest absolute Gasteiger partial charge is 0.310 e. The molecule has 0 aliphatic heterocycles. The molecular weight excluding hydrogens is 897 g/mol. The first-order chi connectivity index (χ1) is 36.7. The van der Waals surface area contributed by atoms with Gasteiger partial charge in [-0.15, -0.1) is 0 Å². The maximum absolute atomic E-state index is 5.08. The van der Waals surface area contributed by atoms with E-state index in [4.69, 9.17) is 15.0 Å². The lowest BCUT2D eigenvalue weighted by Gasteiger charge is -2.35. The summed E-state index contributed by atoms with van der Waals surface area (Å²) in [4.78, 5) is 17.5. The number of hydrogen-bond acceptors (Lipinski definition) is 4. The molecule has 1 aromatic heterocycles. The zero-order valence-electron chi connectivity index (χ0n) is 40.5. The average molecular weight is 945 g/mol. The number of anilines is 3. The molecule has 0 bridgehead atoms. The lowest BCUT2D eigenvalue weighted by atomic mass is 9.67. The Kier molecular flexibility index (Phi) is 11.4. The Labute approximate surface area is 432 Å². The van der Waals surface area contributed by atoms with E-state index >= 15 is 0 Å². The van der Waals surface area contributed by atoms with Crippen molar-refractivity contribution in [3.05, 3.63) is 313 Å². The SMILES string of the molecule is c1ccc(-c2ccc(N(c3cccc(-c4cccc(-c5nc(-c6ccccc6)nc(-c6ccccc6)n5)c4)c3)c3ccc4c(c3)C(c3ccccc3)(c3ccccc3)c3cc(-c5ccccc5)ccc3-4)cc2)cc1. The topological polar surface area (TPSA) is 41.9 Å². The van der Waals surface area contributed by atoms with Crippen LogP contribution in [0.25, 0.3) is 78.7 Å². The number of benzene rings is 11. The van der Waals surface area contributed by atoms with Gasteiger partial charge in [-0.1, -0.05) is 243 Å². The molecule has 1 aliphatic rings. The predicted octanol–water partition coefficient (Wildman–Crippen LogP) is 17.7. The number of fused-ring (bicyclic) bond motifs is 3. The highest BCUT2D eigenvalue weighted by Crippen LogP contribution is 2.58. The van der Waals surface area contributed by atoms with Gasteiger partial charge in [0.25, 0.3) is 0 Å². The number of rotatable bonds is 11. The fraction of sp³-hybridized carbons (Fsp3) is 0.0143. The van der Waals surface area contributed by atoms with Crippen LogP contribution in [0.4, 0.5) is 17.1 Å². The quantitative estimate of drug-likeness (QED) is 0.130. The maximum atomic E-state index is 5.08. The van der Waals surface area contributed by atoms with Crippen molar-refractivity contribution in [1.29, 1.82) is 0 Å². The van der Waals surface area contributed by atoms with Crippen LogP contribution in [0.3, 0.4) is 0 Å². The summed E-state index contributed by atoms with van der Waals surface area (Å²) in [7, 11) is 0. The van der Waals surface area contributed by atoms with Crippen LogP contribution in [0.5, 0.6) is 0 Å². The standard InChI is InChI=1S/C70H48N4/c1-7-21-49(22-8-1)51-37-40-60(41-38-51)74(61-36-20-30-55(46-61)54-29-19-31-57(45-54)69-72-67(52-25-11-3-12-26-52)71-68(73-69)53-27-13-4-14-28-53)62-42-44-64-63-43-39-56(50-23-9-2-10-24-50)47-65(63)70(66(64)48-62,58-32-15-5-16-33-58)59-34-17-6-18-35-59/h1-48H. The number of nitrogens with zero attached hydrogens (tertiary/aromatic N) is 4. The van der Waals surface area contributed by atoms with Crippen LogP contribution >= 0.6 is 0 Å². The lowest BCUT2D eigenvalue weighted by molar-refractivity contribution is 0.768. The highest BCUT2D eigenvalue weighted by Gasteiger charge is 2.46. The van der Waals surface area contributed by atoms with Gasteiger partial charge in [-0.3, -0.25) is 0 Å². The molecule has 0 unspecified atom stereocenters. The molecule has 348 valence electrons. The van der Waals surface area contributed by atoms with Gasteiger partial charge in [-0.2, -0.15) is 0 Å². The van der Waals surface area contributed by atoms with E-state index in [0.717, 1.165) is 50.4 Å². The molecule has 13 rings (SSSR count). The minimum Gasteiger partial charge on any atom is -0.310 e. The molecule has 4 heteroatoms. The van der Waals surface area contributed by atoms with Gasteiger partial charge >= 0.3 is 0 Å². The molecule has 12 aromatic rings. The summed E-state index contributed by atoms with van der Waals surface area (Å²) in [5, 5.41) is 0. The van der Waals surface area contributed by atoms with Crippen LogP contribution in [0.2, 0.25) is 0 Å². The van der Waals surface area contributed by atoms with Gasteiger partial charge in [-0.25, -0.2) is 15.0 Å². The third-order valence-corrected chi connectivity index (χ3v) is 14.4. The molecule has 1 heterocycles. The van der Waals surface area contributed by atoms with Crippen molar-refractivity contribution in [2.24, 2.45) is 0 Å². The first kappa shape index (κ1) is 44.2. The fourth-order valence-electron chi connectivity index (χ4n) is 10.9. The zero-order chi connectivity index (χ0) is 49.3. The first-order valence-electron chi connectivity index (χ1n) is 25.2. The molecule has 74 heavy (non-hydrogen) atoms. The molecule has 0 N–H and O–H groups in total. The smallest absolute Gasteiger partial charge is 0.164 e. The van der Waals surface area contributed by atoms with E-state index in [1.165, 1.54) is 50.1 Å². The van der Waals surface area contributed by atoms with Crippen LogP contribution in [-0.2, 0) is 5.41 Å². The maximum Gasteiger partial charge on any atom is 0.164 e. The Morgan fingerprint density at radius 1 is 0.230 bits per heavy atom. The van der Waals surface area contributed by atoms with E-state index < -0.39 is 5.41 Å². The molecular formula is C70H48N4. The van der Waals surface area contributed by atoms with Crippen molar-refractivity contribution >= 4 is 17.1 Å². The van der Waals surface area contributed by atoms with Gasteiger partial charge in [-0.05, 0) is 115 Å². The molecule has 0 atom stereocenters. The molecule has 0 fully saturated rings. The molecule has 11 aromatic carbocycles. The summed E-state index contributed by atoms with van der Waals surface area (Å²) in [5.74, 6) is 1.88. The van der Waals surface area contributed by atoms with Crippen LogP contribution in [0.1, 0.15) is 22.3 Å². The minimum atomic E-state index is -0.616. The van der Waals surface area contributed by atoms with Gasteiger partial charge in [0, 0.05) is 33.8 Å². The van der Waals surface area contributed by atoms with Gasteiger partial charge in [0.1, 0.15) is 0 Å². The summed E-state index contributed by atoms with van der Waals surface area (Å²) in [6.07, 6.45) is 0. The van der Waals surface area contributed by atoms with E-state index in [0.29, 0.717) is 17.5 Å². The molecule has 1 aliphatic carbocycles. The Hall–Kier alpha value is -9.77. The summed E-state index contributed by atoms with van der Waals surface area (Å²) in [6, 6.07) is 104. The second kappa shape index (κ2) is 19.1. The van der Waals surface area contributed by atoms with Gasteiger partial charge < -0.3 is 4.90 Å². The van der Waals surface area contributed by atoms with Crippen molar-refractivity contribution in [1.82, 2.24) is 15.0 Å². The normalized spacial score (nSPS) is 12.2. The second-order valence-corrected chi connectivity index (χ2v) is 18.8. The van der Waals surface area contributed by atoms with E-state index in [1.807, 2.05) is 60.7 Å². The Morgan fingerprint density at radius 2 is 0.581 bits per heavy atom. The minimum absolute atomic E-state index is 0.616. The Morgan fingerprint density at radius 3 is 1.14 bits per heavy atom. The van der Waals surface area contributed by atoms with Crippen LogP contribution in [0.15, 0.2) is 291 Å². The van der Waals surface area contributed by atoms with Crippen molar-refractivity contribution in [2.75, 3.05) is 4.90 Å². The van der Waals surface area contributed by atoms with E-state index in [2.05, 4.69) is 235 Å². The predicted molar refractivity (Wildman–Crippen MR) is 304 cm³/mol. The van der Waals surface area contributed by atoms with Crippen LogP contribution < -0.4 is 4.90 Å². The molecule has 0 spiro atoms. The molecule has 0 radical (unpaired) electrons. The second-order valence-electron chi connectivity index (χ2n) is 18.8. The third-order valence-electron chi connectivity index (χ3n) is 14.4. The van der Waals surface area contributed by atoms with Crippen molar-refractivity contribution in [3.63, 3.8) is 0 Å². The van der Waals surface area contributed by atoms with Crippen molar-refractivity contribution in [2.45, 2.75) is 5.41 Å². The van der Waals surface area contributed by atoms with Gasteiger partial charge in [0.05, 0.1) is 5.41 Å². The van der Waals surface area contributed by atoms with Crippen LogP contribution in [0, 0.1) is 0 Å². The monoisotopic (exact) mass is 944 g/mol. The number of hydrogen-bond donors (Lipinski definition) is 0. The highest BCUT2D eigenvalue weighted by atomic mass is 15.1. The molecule has 4 nitrogen and oxygen atoms in total. The first-order valence-corrected chi connectivity index (χ1v) is 25.2. The fourth-order valence-corrected chi connectivity index (χ4v) is 10.9. The lowest BCUT2D eigenvalue weighted by Crippen LogP contribution is -2.28.